The van der Waals surface area contributed by atoms with Gasteiger partial charge in [-0.1, -0.05) is 0 Å². The van der Waals surface area contributed by atoms with Crippen molar-refractivity contribution < 1.29 is 14.7 Å². The molecular formula is C5H7N5O3. The first kappa shape index (κ1) is 8.84. The lowest BCUT2D eigenvalue weighted by atomic mass is 10.4. The second kappa shape index (κ2) is 3.01. The van der Waals surface area contributed by atoms with Crippen LogP contribution in [0.2, 0.25) is 0 Å². The van der Waals surface area contributed by atoms with E-state index in [-0.39, 0.29) is 17.5 Å². The Hall–Kier alpha value is -2.25. The molecule has 0 aliphatic rings. The standard InChI is InChI=1S/C5H7N5O3/c6-4-8-1(3(11)12)2(9-4)10-5(7)13/h(H,11,12)(H3,6,8,9)(H3,7,10,13). The van der Waals surface area contributed by atoms with Gasteiger partial charge in [-0.3, -0.25) is 5.32 Å². The van der Waals surface area contributed by atoms with Gasteiger partial charge in [-0.05, 0) is 0 Å². The zero-order chi connectivity index (χ0) is 10.0. The number of nitrogen functional groups attached to an aromatic ring is 1. The molecule has 0 atom stereocenters. The monoisotopic (exact) mass is 185 g/mol. The fraction of sp³-hybridized carbons (Fsp3) is 0. The number of amides is 2. The Morgan fingerprint density at radius 3 is 2.62 bits per heavy atom. The Bertz CT molecular complexity index is 357. The number of nitrogens with two attached hydrogens (primary N) is 2. The Kier molecular flexibility index (Phi) is 2.05. The molecule has 8 nitrogen and oxygen atoms in total. The van der Waals surface area contributed by atoms with E-state index >= 15 is 0 Å². The third-order valence-electron chi connectivity index (χ3n) is 1.18. The van der Waals surface area contributed by atoms with Crippen LogP contribution >= 0.6 is 0 Å². The molecule has 1 aromatic heterocycles. The highest BCUT2D eigenvalue weighted by Crippen LogP contribution is 2.12. The van der Waals surface area contributed by atoms with Gasteiger partial charge >= 0.3 is 12.0 Å². The Morgan fingerprint density at radius 1 is 1.54 bits per heavy atom. The van der Waals surface area contributed by atoms with Gasteiger partial charge in [0.15, 0.2) is 17.5 Å². The van der Waals surface area contributed by atoms with E-state index in [0.29, 0.717) is 0 Å². The molecule has 0 radical (unpaired) electrons. The molecule has 1 rings (SSSR count). The maximum Gasteiger partial charge on any atom is 0.356 e. The molecular weight excluding hydrogens is 178 g/mol. The van der Waals surface area contributed by atoms with Crippen LogP contribution < -0.4 is 16.8 Å². The van der Waals surface area contributed by atoms with Crippen molar-refractivity contribution in [3.8, 4) is 0 Å². The number of carboxylic acids is 1. The topological polar surface area (TPSA) is 147 Å². The molecule has 0 aromatic carbocycles. The smallest absolute Gasteiger partial charge is 0.356 e. The van der Waals surface area contributed by atoms with Crippen molar-refractivity contribution in [2.24, 2.45) is 5.73 Å². The summed E-state index contributed by atoms with van der Waals surface area (Å²) in [5.74, 6) is -1.59. The van der Waals surface area contributed by atoms with E-state index in [1.807, 2.05) is 5.32 Å². The van der Waals surface area contributed by atoms with Crippen LogP contribution in [-0.4, -0.2) is 27.1 Å². The maximum absolute atomic E-state index is 10.5. The summed E-state index contributed by atoms with van der Waals surface area (Å²) in [4.78, 5) is 26.6. The van der Waals surface area contributed by atoms with Gasteiger partial charge < -0.3 is 21.6 Å². The number of aromatic nitrogens is 2. The second-order valence-electron chi connectivity index (χ2n) is 2.14. The van der Waals surface area contributed by atoms with Gasteiger partial charge in [0, 0.05) is 0 Å². The van der Waals surface area contributed by atoms with E-state index < -0.39 is 12.0 Å². The van der Waals surface area contributed by atoms with Crippen LogP contribution in [0, 0.1) is 0 Å². The number of imidazole rings is 1. The zero-order valence-electron chi connectivity index (χ0n) is 6.37. The quantitative estimate of drug-likeness (QED) is 0.408. The van der Waals surface area contributed by atoms with Gasteiger partial charge in [0.1, 0.15) is 0 Å². The third-order valence-corrected chi connectivity index (χ3v) is 1.18. The number of anilines is 2. The molecule has 2 amide bonds. The SMILES string of the molecule is NC(=O)Nc1nc(N)[nH]c1C(=O)O. The Balaban J connectivity index is 3.04. The largest absolute Gasteiger partial charge is 0.476 e. The number of aromatic carboxylic acids is 1. The summed E-state index contributed by atoms with van der Waals surface area (Å²) in [6, 6.07) is -0.908. The van der Waals surface area contributed by atoms with Gasteiger partial charge in [-0.2, -0.15) is 4.98 Å². The van der Waals surface area contributed by atoms with Crippen LogP contribution in [-0.2, 0) is 0 Å². The number of H-pyrrole nitrogens is 1. The van der Waals surface area contributed by atoms with Crippen LogP contribution in [0.5, 0.6) is 0 Å². The average Bonchev–Trinajstić information content (AvgIpc) is 2.29. The molecule has 0 aliphatic heterocycles. The second-order valence-corrected chi connectivity index (χ2v) is 2.14. The Labute approximate surface area is 71.9 Å². The van der Waals surface area contributed by atoms with Gasteiger partial charge in [-0.25, -0.2) is 9.59 Å². The molecule has 0 unspecified atom stereocenters. The van der Waals surface area contributed by atoms with E-state index in [4.69, 9.17) is 16.6 Å². The highest BCUT2D eigenvalue weighted by atomic mass is 16.4. The van der Waals surface area contributed by atoms with E-state index in [2.05, 4.69) is 9.97 Å². The molecule has 8 heteroatoms. The summed E-state index contributed by atoms with van der Waals surface area (Å²) >= 11 is 0. The fourth-order valence-corrected chi connectivity index (χ4v) is 0.753. The lowest BCUT2D eigenvalue weighted by Crippen LogP contribution is -2.21. The van der Waals surface area contributed by atoms with E-state index in [1.165, 1.54) is 0 Å². The molecule has 0 saturated heterocycles. The summed E-state index contributed by atoms with van der Waals surface area (Å²) in [5, 5.41) is 10.6. The summed E-state index contributed by atoms with van der Waals surface area (Å²) in [6.07, 6.45) is 0. The molecule has 7 N–H and O–H groups in total. The zero-order valence-corrected chi connectivity index (χ0v) is 6.37. The van der Waals surface area contributed by atoms with Crippen LogP contribution in [0.25, 0.3) is 0 Å². The first-order valence-corrected chi connectivity index (χ1v) is 3.16. The summed E-state index contributed by atoms with van der Waals surface area (Å²) in [5.41, 5.74) is 9.63. The number of nitrogens with one attached hydrogen (secondary N) is 2. The van der Waals surface area contributed by atoms with Crippen LogP contribution in [0.4, 0.5) is 16.6 Å². The van der Waals surface area contributed by atoms with Crippen LogP contribution in [0.3, 0.4) is 0 Å². The normalized spacial score (nSPS) is 9.54. The average molecular weight is 185 g/mol. The van der Waals surface area contributed by atoms with Gasteiger partial charge in [0.05, 0.1) is 0 Å². The highest BCUT2D eigenvalue weighted by Gasteiger charge is 2.15. The van der Waals surface area contributed by atoms with Crippen molar-refractivity contribution in [2.45, 2.75) is 0 Å². The molecule has 13 heavy (non-hydrogen) atoms. The number of carboxylic acid groups (broad SMARTS) is 1. The number of hydrogen-bond acceptors (Lipinski definition) is 4. The van der Waals surface area contributed by atoms with Crippen molar-refractivity contribution in [1.82, 2.24) is 9.97 Å². The van der Waals surface area contributed by atoms with Gasteiger partial charge in [-0.15, -0.1) is 0 Å². The number of carbonyl (C=O) groups is 2. The molecule has 70 valence electrons. The number of carbonyl (C=O) groups excluding carboxylic acids is 1. The number of primary amides is 1. The first-order valence-electron chi connectivity index (χ1n) is 3.16. The Morgan fingerprint density at radius 2 is 2.15 bits per heavy atom. The van der Waals surface area contributed by atoms with Crippen molar-refractivity contribution in [3.05, 3.63) is 5.69 Å². The number of rotatable bonds is 2. The minimum atomic E-state index is -1.28. The predicted octanol–water partition coefficient (Wildman–Crippen LogP) is -0.819. The predicted molar refractivity (Wildman–Crippen MR) is 43.2 cm³/mol. The van der Waals surface area contributed by atoms with Gasteiger partial charge in [0.25, 0.3) is 0 Å². The van der Waals surface area contributed by atoms with Crippen molar-refractivity contribution in [1.29, 1.82) is 0 Å². The number of aromatic amines is 1. The van der Waals surface area contributed by atoms with E-state index in [9.17, 15) is 9.59 Å². The highest BCUT2D eigenvalue weighted by molar-refractivity contribution is 5.97. The molecule has 0 bridgehead atoms. The van der Waals surface area contributed by atoms with E-state index in [0.717, 1.165) is 0 Å². The fourth-order valence-electron chi connectivity index (χ4n) is 0.753. The first-order chi connectivity index (χ1) is 6.00. The molecule has 0 fully saturated rings. The minimum absolute atomic E-state index is 0.110. The summed E-state index contributed by atoms with van der Waals surface area (Å²) < 4.78 is 0. The number of urea groups is 1. The summed E-state index contributed by atoms with van der Waals surface area (Å²) in [6.45, 7) is 0. The van der Waals surface area contributed by atoms with Crippen LogP contribution in [0.1, 0.15) is 10.5 Å². The molecule has 1 heterocycles. The lowest BCUT2D eigenvalue weighted by molar-refractivity contribution is 0.0692. The lowest BCUT2D eigenvalue weighted by Gasteiger charge is -1.96. The van der Waals surface area contributed by atoms with Crippen molar-refractivity contribution in [2.75, 3.05) is 11.1 Å². The molecule has 0 aliphatic carbocycles. The minimum Gasteiger partial charge on any atom is -0.476 e. The molecule has 1 aromatic rings. The summed E-state index contributed by atoms with van der Waals surface area (Å²) in [7, 11) is 0. The van der Waals surface area contributed by atoms with Crippen molar-refractivity contribution in [3.63, 3.8) is 0 Å². The number of nitrogens with zero attached hydrogens (tertiary/aromatic N) is 1. The van der Waals surface area contributed by atoms with Crippen molar-refractivity contribution >= 4 is 23.8 Å². The van der Waals surface area contributed by atoms with E-state index in [1.54, 1.807) is 0 Å². The number of hydrogen-bond donors (Lipinski definition) is 5. The van der Waals surface area contributed by atoms with Crippen LogP contribution in [0.15, 0.2) is 0 Å². The molecule has 0 spiro atoms. The third kappa shape index (κ3) is 1.86. The van der Waals surface area contributed by atoms with Gasteiger partial charge in [0.2, 0.25) is 0 Å². The maximum atomic E-state index is 10.5. The molecule has 0 saturated carbocycles.